The number of thiazole rings is 1. The Morgan fingerprint density at radius 2 is 1.69 bits per heavy atom. The highest BCUT2D eigenvalue weighted by Gasteiger charge is 2.26. The van der Waals surface area contributed by atoms with Crippen LogP contribution < -0.4 is 4.80 Å². The lowest BCUT2D eigenvalue weighted by Crippen LogP contribution is -2.37. The third-order valence-corrected chi connectivity index (χ3v) is 8.80. The second-order valence-electron chi connectivity index (χ2n) is 9.04. The van der Waals surface area contributed by atoms with Gasteiger partial charge in [-0.15, -0.1) is 6.58 Å². The topological polar surface area (TPSA) is 71.7 Å². The smallest absolute Gasteiger partial charge is 0.279 e. The van der Waals surface area contributed by atoms with E-state index < -0.39 is 15.9 Å². The predicted octanol–water partition coefficient (Wildman–Crippen LogP) is 6.24. The number of nitrogens with zero attached hydrogens (tertiary/aromatic N) is 3. The molecule has 6 nitrogen and oxygen atoms in total. The first-order valence-corrected chi connectivity index (χ1v) is 14.2. The molecule has 0 bridgehead atoms. The molecule has 0 aliphatic heterocycles. The quantitative estimate of drug-likeness (QED) is 0.294. The van der Waals surface area contributed by atoms with Gasteiger partial charge in [0.1, 0.15) is 0 Å². The number of carbonyl (C=O) groups is 1. The summed E-state index contributed by atoms with van der Waals surface area (Å²) in [6.07, 6.45) is 1.69. The Hall–Kier alpha value is -1.97. The van der Waals surface area contributed by atoms with E-state index in [2.05, 4.69) is 11.6 Å². The number of sulfonamides is 1. The first-order valence-electron chi connectivity index (χ1n) is 11.2. The summed E-state index contributed by atoms with van der Waals surface area (Å²) in [5.74, 6) is -0.105. The Kier molecular flexibility index (Phi) is 8.99. The van der Waals surface area contributed by atoms with E-state index in [1.807, 2.05) is 33.8 Å². The second-order valence-corrected chi connectivity index (χ2v) is 12.8. The minimum atomic E-state index is -3.68. The van der Waals surface area contributed by atoms with Crippen LogP contribution in [-0.4, -0.2) is 36.3 Å². The summed E-state index contributed by atoms with van der Waals surface area (Å²) < 4.78 is 30.6. The molecule has 35 heavy (non-hydrogen) atoms. The van der Waals surface area contributed by atoms with Gasteiger partial charge in [0.15, 0.2) is 4.80 Å². The van der Waals surface area contributed by atoms with Crippen molar-refractivity contribution in [2.45, 2.75) is 39.1 Å². The van der Waals surface area contributed by atoms with Gasteiger partial charge in [-0.2, -0.15) is 9.30 Å². The van der Waals surface area contributed by atoms with Crippen LogP contribution in [0.4, 0.5) is 0 Å². The fourth-order valence-corrected chi connectivity index (χ4v) is 6.93. The van der Waals surface area contributed by atoms with Crippen LogP contribution in [0.1, 0.15) is 38.1 Å². The van der Waals surface area contributed by atoms with E-state index in [0.29, 0.717) is 40.0 Å². The van der Waals surface area contributed by atoms with Gasteiger partial charge in [0, 0.05) is 25.2 Å². The lowest BCUT2D eigenvalue weighted by atomic mass is 10.2. The predicted molar refractivity (Wildman–Crippen MR) is 145 cm³/mol. The monoisotopic (exact) mass is 553 g/mol. The van der Waals surface area contributed by atoms with Crippen LogP contribution in [0.2, 0.25) is 10.0 Å². The maximum absolute atomic E-state index is 13.2. The number of amides is 1. The van der Waals surface area contributed by atoms with Gasteiger partial charge in [0.05, 0.1) is 25.2 Å². The molecule has 0 radical (unpaired) electrons. The van der Waals surface area contributed by atoms with Crippen LogP contribution >= 0.6 is 34.5 Å². The van der Waals surface area contributed by atoms with E-state index in [1.54, 1.807) is 16.7 Å². The van der Waals surface area contributed by atoms with Gasteiger partial charge in [0.25, 0.3) is 5.91 Å². The zero-order valence-electron chi connectivity index (χ0n) is 20.2. The molecule has 188 valence electrons. The molecule has 3 aromatic rings. The van der Waals surface area contributed by atoms with Gasteiger partial charge in [-0.05, 0) is 48.2 Å². The molecular formula is C25H29Cl2N3O3S2. The van der Waals surface area contributed by atoms with Gasteiger partial charge in [-0.1, -0.05) is 68.3 Å². The number of carbonyl (C=O) groups excluding carboxylic acids is 1. The van der Waals surface area contributed by atoms with E-state index in [9.17, 15) is 13.2 Å². The number of fused-ring (bicyclic) bond motifs is 1. The molecule has 0 saturated heterocycles. The molecule has 0 aliphatic rings. The summed E-state index contributed by atoms with van der Waals surface area (Å²) in [5, 5.41) is 0.798. The first kappa shape index (κ1) is 27.6. The lowest BCUT2D eigenvalue weighted by molar-refractivity contribution is 0.0997. The van der Waals surface area contributed by atoms with Crippen molar-refractivity contribution in [3.63, 3.8) is 0 Å². The highest BCUT2D eigenvalue weighted by atomic mass is 35.5. The minimum Gasteiger partial charge on any atom is -0.311 e. The number of rotatable bonds is 9. The van der Waals surface area contributed by atoms with Crippen molar-refractivity contribution in [1.29, 1.82) is 0 Å². The Morgan fingerprint density at radius 1 is 1.09 bits per heavy atom. The summed E-state index contributed by atoms with van der Waals surface area (Å²) >= 11 is 13.9. The molecule has 0 fully saturated rings. The lowest BCUT2D eigenvalue weighted by Gasteiger charge is -2.25. The molecule has 1 heterocycles. The third kappa shape index (κ3) is 6.24. The molecule has 1 aromatic heterocycles. The molecule has 10 heteroatoms. The third-order valence-electron chi connectivity index (χ3n) is 5.12. The van der Waals surface area contributed by atoms with E-state index in [-0.39, 0.29) is 22.3 Å². The molecule has 2 aromatic carbocycles. The largest absolute Gasteiger partial charge is 0.311 e. The standard InChI is InChI=1S/C25H29Cl2N3O3S2/c1-6-13-30-23-21(12-11-20(26)22(23)27)34-25(30)28-24(31)18-7-9-19(10-8-18)35(32,33)29(14-16(2)3)15-17(4)5/h6-12,16-17H,1,13-15H2,2-5H3. The van der Waals surface area contributed by atoms with Crippen molar-refractivity contribution < 1.29 is 13.2 Å². The number of aromatic nitrogens is 1. The van der Waals surface area contributed by atoms with Crippen molar-refractivity contribution in [2.75, 3.05) is 13.1 Å². The Bertz CT molecular complexity index is 1400. The van der Waals surface area contributed by atoms with Crippen LogP contribution in [-0.2, 0) is 16.6 Å². The van der Waals surface area contributed by atoms with Crippen LogP contribution in [0.5, 0.6) is 0 Å². The first-order chi connectivity index (χ1) is 16.4. The molecule has 0 saturated carbocycles. The molecule has 0 unspecified atom stereocenters. The number of benzene rings is 2. The summed E-state index contributed by atoms with van der Waals surface area (Å²) in [4.78, 5) is 17.9. The van der Waals surface area contributed by atoms with Crippen LogP contribution in [0.15, 0.2) is 58.9 Å². The minimum absolute atomic E-state index is 0.153. The van der Waals surface area contributed by atoms with Gasteiger partial charge >= 0.3 is 0 Å². The van der Waals surface area contributed by atoms with E-state index >= 15 is 0 Å². The molecule has 0 spiro atoms. The molecule has 3 rings (SSSR count). The van der Waals surface area contributed by atoms with Crippen molar-refractivity contribution in [1.82, 2.24) is 8.87 Å². The highest BCUT2D eigenvalue weighted by molar-refractivity contribution is 7.89. The molecule has 0 atom stereocenters. The number of hydrogen-bond donors (Lipinski definition) is 0. The van der Waals surface area contributed by atoms with Gasteiger partial charge in [0.2, 0.25) is 10.0 Å². The number of halogens is 2. The van der Waals surface area contributed by atoms with E-state index in [0.717, 1.165) is 4.70 Å². The summed E-state index contributed by atoms with van der Waals surface area (Å²) in [5.41, 5.74) is 0.974. The Labute approximate surface area is 220 Å². The Morgan fingerprint density at radius 3 is 2.23 bits per heavy atom. The fourth-order valence-electron chi connectivity index (χ4n) is 3.64. The van der Waals surface area contributed by atoms with Crippen LogP contribution in [0.25, 0.3) is 10.2 Å². The summed E-state index contributed by atoms with van der Waals surface area (Å²) in [7, 11) is -3.68. The number of hydrogen-bond acceptors (Lipinski definition) is 4. The zero-order valence-corrected chi connectivity index (χ0v) is 23.3. The molecule has 1 amide bonds. The number of allylic oxidation sites excluding steroid dienone is 1. The van der Waals surface area contributed by atoms with Gasteiger partial charge in [-0.3, -0.25) is 4.79 Å². The molecular weight excluding hydrogens is 525 g/mol. The highest BCUT2D eigenvalue weighted by Crippen LogP contribution is 2.32. The average Bonchev–Trinajstić information content (AvgIpc) is 3.13. The second kappa shape index (κ2) is 11.4. The van der Waals surface area contributed by atoms with Crippen LogP contribution in [0.3, 0.4) is 0 Å². The van der Waals surface area contributed by atoms with Crippen molar-refractivity contribution >= 4 is 60.7 Å². The average molecular weight is 555 g/mol. The summed E-state index contributed by atoms with van der Waals surface area (Å²) in [6.45, 7) is 13.0. The van der Waals surface area contributed by atoms with Gasteiger partial charge in [-0.25, -0.2) is 8.42 Å². The van der Waals surface area contributed by atoms with Gasteiger partial charge < -0.3 is 4.57 Å². The fraction of sp³-hybridized carbons (Fsp3) is 0.360. The summed E-state index contributed by atoms with van der Waals surface area (Å²) in [6, 6.07) is 9.45. The maximum Gasteiger partial charge on any atom is 0.279 e. The SMILES string of the molecule is C=CCn1c(=NC(=O)c2ccc(S(=O)(=O)N(CC(C)C)CC(C)C)cc2)sc2ccc(Cl)c(Cl)c21. The van der Waals surface area contributed by atoms with E-state index in [4.69, 9.17) is 23.2 Å². The Balaban J connectivity index is 1.98. The maximum atomic E-state index is 13.2. The molecule has 0 aliphatic carbocycles. The van der Waals surface area contributed by atoms with Crippen LogP contribution in [0, 0.1) is 11.8 Å². The van der Waals surface area contributed by atoms with Crippen molar-refractivity contribution in [2.24, 2.45) is 16.8 Å². The molecule has 0 N–H and O–H groups in total. The van der Waals surface area contributed by atoms with E-state index in [1.165, 1.54) is 39.9 Å². The zero-order chi connectivity index (χ0) is 25.9. The van der Waals surface area contributed by atoms with Crippen molar-refractivity contribution in [3.8, 4) is 0 Å². The normalized spacial score (nSPS) is 12.9. The van der Waals surface area contributed by atoms with Crippen molar-refractivity contribution in [3.05, 3.63) is 69.5 Å².